The summed E-state index contributed by atoms with van der Waals surface area (Å²) in [4.78, 5) is 29.0. The van der Waals surface area contributed by atoms with Crippen molar-refractivity contribution in [3.63, 3.8) is 0 Å². The van der Waals surface area contributed by atoms with Gasteiger partial charge in [-0.25, -0.2) is 4.98 Å². The molecule has 6 nitrogen and oxygen atoms in total. The molecular formula is C16H15N3O3S2. The lowest BCUT2D eigenvalue weighted by Crippen LogP contribution is -2.36. The smallest absolute Gasteiger partial charge is 0.263 e. The predicted molar refractivity (Wildman–Crippen MR) is 93.1 cm³/mol. The minimum atomic E-state index is -0.292. The van der Waals surface area contributed by atoms with E-state index >= 15 is 0 Å². The van der Waals surface area contributed by atoms with Gasteiger partial charge in [0.15, 0.2) is 0 Å². The molecule has 0 aliphatic rings. The van der Waals surface area contributed by atoms with Gasteiger partial charge in [0.25, 0.3) is 5.91 Å². The summed E-state index contributed by atoms with van der Waals surface area (Å²) in [7, 11) is 0. The molecule has 0 spiro atoms. The van der Waals surface area contributed by atoms with Crippen LogP contribution in [0, 0.1) is 6.92 Å². The Morgan fingerprint density at radius 3 is 2.88 bits per heavy atom. The summed E-state index contributed by atoms with van der Waals surface area (Å²) in [6.45, 7) is 1.99. The van der Waals surface area contributed by atoms with Crippen LogP contribution in [0.1, 0.15) is 21.1 Å². The van der Waals surface area contributed by atoms with Gasteiger partial charge in [-0.05, 0) is 30.5 Å². The van der Waals surface area contributed by atoms with Crippen molar-refractivity contribution in [3.05, 3.63) is 51.6 Å². The summed E-state index contributed by atoms with van der Waals surface area (Å²) >= 11 is 2.91. The molecule has 0 aliphatic carbocycles. The minimum Gasteiger partial charge on any atom is -0.467 e. The van der Waals surface area contributed by atoms with Crippen LogP contribution >= 0.6 is 22.7 Å². The van der Waals surface area contributed by atoms with Gasteiger partial charge in [0, 0.05) is 10.9 Å². The first-order valence-corrected chi connectivity index (χ1v) is 8.96. The number of thiazole rings is 1. The van der Waals surface area contributed by atoms with E-state index in [1.165, 1.54) is 11.3 Å². The fourth-order valence-electron chi connectivity index (χ4n) is 2.02. The van der Waals surface area contributed by atoms with Crippen molar-refractivity contribution >= 4 is 34.5 Å². The van der Waals surface area contributed by atoms with Gasteiger partial charge in [-0.2, -0.15) is 11.3 Å². The number of nitrogens with zero attached hydrogens (tertiary/aromatic N) is 1. The molecule has 3 rings (SSSR count). The normalized spacial score (nSPS) is 10.5. The Balaban J connectivity index is 1.54. The SMILES string of the molecule is Cc1nc(-c2ccsc2)sc1C(=O)NCC(=O)NCc1ccco1. The lowest BCUT2D eigenvalue weighted by molar-refractivity contribution is -0.120. The molecule has 0 aromatic carbocycles. The van der Waals surface area contributed by atoms with Gasteiger partial charge in [-0.15, -0.1) is 11.3 Å². The quantitative estimate of drug-likeness (QED) is 0.707. The molecule has 0 atom stereocenters. The summed E-state index contributed by atoms with van der Waals surface area (Å²) in [5.41, 5.74) is 1.66. The number of thiophene rings is 1. The number of aryl methyl sites for hydroxylation is 1. The van der Waals surface area contributed by atoms with Gasteiger partial charge in [-0.3, -0.25) is 9.59 Å². The van der Waals surface area contributed by atoms with Crippen molar-refractivity contribution in [1.29, 1.82) is 0 Å². The Hall–Kier alpha value is -2.45. The molecule has 0 saturated heterocycles. The van der Waals surface area contributed by atoms with E-state index in [4.69, 9.17) is 4.42 Å². The van der Waals surface area contributed by atoms with Crippen LogP contribution in [-0.4, -0.2) is 23.3 Å². The van der Waals surface area contributed by atoms with Crippen LogP contribution in [0.15, 0.2) is 39.6 Å². The van der Waals surface area contributed by atoms with Crippen LogP contribution in [0.5, 0.6) is 0 Å². The number of hydrogen-bond acceptors (Lipinski definition) is 6. The van der Waals surface area contributed by atoms with Gasteiger partial charge in [0.1, 0.15) is 15.6 Å². The van der Waals surface area contributed by atoms with E-state index in [-0.39, 0.29) is 18.4 Å². The van der Waals surface area contributed by atoms with Crippen molar-refractivity contribution in [2.75, 3.05) is 6.54 Å². The Morgan fingerprint density at radius 2 is 2.17 bits per heavy atom. The third-order valence-corrected chi connectivity index (χ3v) is 5.11. The molecule has 3 aromatic rings. The summed E-state index contributed by atoms with van der Waals surface area (Å²) < 4.78 is 5.12. The van der Waals surface area contributed by atoms with Crippen molar-refractivity contribution in [2.45, 2.75) is 13.5 Å². The number of nitrogens with one attached hydrogen (secondary N) is 2. The van der Waals surface area contributed by atoms with E-state index in [2.05, 4.69) is 15.6 Å². The summed E-state index contributed by atoms with van der Waals surface area (Å²) in [5, 5.41) is 10.1. The summed E-state index contributed by atoms with van der Waals surface area (Å²) in [6, 6.07) is 5.49. The molecule has 0 saturated carbocycles. The van der Waals surface area contributed by atoms with Crippen LogP contribution in [-0.2, 0) is 11.3 Å². The largest absolute Gasteiger partial charge is 0.467 e. The molecule has 3 heterocycles. The third kappa shape index (κ3) is 3.90. The first-order valence-electron chi connectivity index (χ1n) is 7.21. The number of carbonyl (C=O) groups excluding carboxylic acids is 2. The van der Waals surface area contributed by atoms with E-state index in [0.29, 0.717) is 22.9 Å². The van der Waals surface area contributed by atoms with E-state index in [0.717, 1.165) is 10.6 Å². The first-order chi connectivity index (χ1) is 11.6. The van der Waals surface area contributed by atoms with Gasteiger partial charge in [-0.1, -0.05) is 0 Å². The average Bonchev–Trinajstić information content (AvgIpc) is 3.30. The second-order valence-electron chi connectivity index (χ2n) is 4.98. The van der Waals surface area contributed by atoms with Crippen molar-refractivity contribution in [2.24, 2.45) is 0 Å². The van der Waals surface area contributed by atoms with E-state index < -0.39 is 0 Å². The molecule has 0 bridgehead atoms. The number of rotatable bonds is 6. The standard InChI is InChI=1S/C16H15N3O3S2/c1-10-14(24-16(19-10)11-4-6-23-9-11)15(21)18-8-13(20)17-7-12-3-2-5-22-12/h2-6,9H,7-8H2,1H3,(H,17,20)(H,18,21). The van der Waals surface area contributed by atoms with Gasteiger partial charge >= 0.3 is 0 Å². The highest BCUT2D eigenvalue weighted by atomic mass is 32.1. The van der Waals surface area contributed by atoms with Crippen molar-refractivity contribution in [3.8, 4) is 10.6 Å². The molecule has 24 heavy (non-hydrogen) atoms. The second kappa shape index (κ2) is 7.41. The van der Waals surface area contributed by atoms with E-state index in [9.17, 15) is 9.59 Å². The molecular weight excluding hydrogens is 346 g/mol. The summed E-state index contributed by atoms with van der Waals surface area (Å²) in [6.07, 6.45) is 1.54. The van der Waals surface area contributed by atoms with Gasteiger partial charge in [0.05, 0.1) is 25.0 Å². The zero-order valence-electron chi connectivity index (χ0n) is 12.9. The molecule has 2 N–H and O–H groups in total. The minimum absolute atomic E-state index is 0.0926. The maximum Gasteiger partial charge on any atom is 0.263 e. The highest BCUT2D eigenvalue weighted by molar-refractivity contribution is 7.17. The van der Waals surface area contributed by atoms with Crippen molar-refractivity contribution in [1.82, 2.24) is 15.6 Å². The third-order valence-electron chi connectivity index (χ3n) is 3.22. The van der Waals surface area contributed by atoms with Gasteiger partial charge < -0.3 is 15.1 Å². The molecule has 0 unspecified atom stereocenters. The number of hydrogen-bond donors (Lipinski definition) is 2. The van der Waals surface area contributed by atoms with Crippen LogP contribution in [0.2, 0.25) is 0 Å². The summed E-state index contributed by atoms with van der Waals surface area (Å²) in [5.74, 6) is 0.0907. The number of amides is 2. The zero-order valence-corrected chi connectivity index (χ0v) is 14.5. The molecule has 0 fully saturated rings. The van der Waals surface area contributed by atoms with Crippen LogP contribution in [0.25, 0.3) is 10.6 Å². The zero-order chi connectivity index (χ0) is 16.9. The second-order valence-corrected chi connectivity index (χ2v) is 6.76. The molecule has 124 valence electrons. The Kier molecular flexibility index (Phi) is 5.07. The highest BCUT2D eigenvalue weighted by Crippen LogP contribution is 2.29. The molecule has 8 heteroatoms. The first kappa shape index (κ1) is 16.4. The van der Waals surface area contributed by atoms with Crippen LogP contribution < -0.4 is 10.6 Å². The molecule has 0 radical (unpaired) electrons. The topological polar surface area (TPSA) is 84.2 Å². The van der Waals surface area contributed by atoms with Crippen LogP contribution in [0.3, 0.4) is 0 Å². The van der Waals surface area contributed by atoms with E-state index in [1.54, 1.807) is 36.7 Å². The Bertz CT molecular complexity index is 823. The number of aromatic nitrogens is 1. The maximum absolute atomic E-state index is 12.2. The lowest BCUT2D eigenvalue weighted by Gasteiger charge is -2.05. The van der Waals surface area contributed by atoms with Crippen molar-refractivity contribution < 1.29 is 14.0 Å². The predicted octanol–water partition coefficient (Wildman–Crippen LogP) is 2.82. The van der Waals surface area contributed by atoms with Gasteiger partial charge in [0.2, 0.25) is 5.91 Å². The monoisotopic (exact) mass is 361 g/mol. The average molecular weight is 361 g/mol. The fraction of sp³-hybridized carbons (Fsp3) is 0.188. The number of furan rings is 1. The fourth-order valence-corrected chi connectivity index (χ4v) is 3.71. The molecule has 0 aliphatic heterocycles. The van der Waals surface area contributed by atoms with Crippen LogP contribution in [0.4, 0.5) is 0 Å². The van der Waals surface area contributed by atoms with E-state index in [1.807, 2.05) is 16.8 Å². The molecule has 3 aromatic heterocycles. The molecule has 2 amide bonds. The Labute approximate surface area is 146 Å². The highest BCUT2D eigenvalue weighted by Gasteiger charge is 2.17. The number of carbonyl (C=O) groups is 2. The lowest BCUT2D eigenvalue weighted by atomic mass is 10.3. The Morgan fingerprint density at radius 1 is 1.29 bits per heavy atom. The maximum atomic E-state index is 12.2.